The summed E-state index contributed by atoms with van der Waals surface area (Å²) in [7, 11) is 1.77. The Balaban J connectivity index is 1.54. The zero-order valence-electron chi connectivity index (χ0n) is 11.7. The topological polar surface area (TPSA) is 50.7 Å². The van der Waals surface area contributed by atoms with Gasteiger partial charge < -0.3 is 14.5 Å². The number of hydrogen-bond donors (Lipinski definition) is 1. The third-order valence-electron chi connectivity index (χ3n) is 3.05. The maximum Gasteiger partial charge on any atom is 0.297 e. The maximum atomic E-state index is 5.77. The number of hydrogen-bond acceptors (Lipinski definition) is 3. The van der Waals surface area contributed by atoms with Gasteiger partial charge in [-0.05, 0) is 18.2 Å². The predicted molar refractivity (Wildman–Crippen MR) is 86.3 cm³/mol. The van der Waals surface area contributed by atoms with Crippen molar-refractivity contribution < 1.29 is 9.47 Å². The van der Waals surface area contributed by atoms with Crippen molar-refractivity contribution in [1.82, 2.24) is 9.97 Å². The normalized spacial score (nSPS) is 10.7. The van der Waals surface area contributed by atoms with E-state index in [9.17, 15) is 0 Å². The first-order chi connectivity index (χ1) is 10.4. The number of thioether (sulfide) groups is 1. The molecule has 5 heteroatoms. The number of H-pyrrole nitrogens is 1. The van der Waals surface area contributed by atoms with Gasteiger partial charge in [0.25, 0.3) is 5.75 Å². The molecule has 0 aliphatic heterocycles. The predicted octanol–water partition coefficient (Wildman–Crippen LogP) is 3.61. The van der Waals surface area contributed by atoms with Gasteiger partial charge in [-0.2, -0.15) is 0 Å². The molecular weight excluding hydrogens is 284 g/mol. The average molecular weight is 301 g/mol. The average Bonchev–Trinajstić information content (AvgIpc) is 2.94. The number of benzene rings is 2. The van der Waals surface area contributed by atoms with E-state index in [0.29, 0.717) is 6.61 Å². The van der Waals surface area contributed by atoms with Crippen LogP contribution in [-0.2, 0) is 0 Å². The van der Waals surface area contributed by atoms with Gasteiger partial charge in [0.1, 0.15) is 0 Å². The quantitative estimate of drug-likeness (QED) is 0.430. The minimum Gasteiger partial charge on any atom is -0.582 e. The molecule has 2 N–H and O–H groups in total. The van der Waals surface area contributed by atoms with Gasteiger partial charge >= 0.3 is 0 Å². The monoisotopic (exact) mass is 301 g/mol. The van der Waals surface area contributed by atoms with E-state index in [2.05, 4.69) is 14.7 Å². The summed E-state index contributed by atoms with van der Waals surface area (Å²) in [6, 6.07) is 15.8. The smallest absolute Gasteiger partial charge is 0.297 e. The molecule has 0 saturated carbocycles. The molecule has 0 spiro atoms. The zero-order chi connectivity index (χ0) is 14.5. The molecule has 0 amide bonds. The van der Waals surface area contributed by atoms with Crippen molar-refractivity contribution in [3.05, 3.63) is 48.5 Å². The van der Waals surface area contributed by atoms with Crippen LogP contribution in [0.3, 0.4) is 0 Å². The Morgan fingerprint density at radius 2 is 1.95 bits per heavy atom. The van der Waals surface area contributed by atoms with Gasteiger partial charge in [0, 0.05) is 11.8 Å². The third kappa shape index (κ3) is 3.31. The van der Waals surface area contributed by atoms with Gasteiger partial charge in [0.15, 0.2) is 12.3 Å². The van der Waals surface area contributed by atoms with Crippen LogP contribution in [0.1, 0.15) is 0 Å². The lowest BCUT2D eigenvalue weighted by molar-refractivity contribution is 0.125. The highest BCUT2D eigenvalue weighted by Crippen LogP contribution is 2.27. The van der Waals surface area contributed by atoms with Gasteiger partial charge in [-0.3, -0.25) is 0 Å². The van der Waals surface area contributed by atoms with Crippen molar-refractivity contribution in [2.75, 3.05) is 19.5 Å². The van der Waals surface area contributed by atoms with Crippen LogP contribution in [0.25, 0.3) is 11.0 Å². The molecule has 0 aliphatic rings. The molecule has 3 rings (SSSR count). The highest BCUT2D eigenvalue weighted by molar-refractivity contribution is 7.99. The SMILES string of the molecule is C[OH+]c1ccccc1OCCSc1nc2ccccc2[nH]1. The van der Waals surface area contributed by atoms with Gasteiger partial charge in [0.2, 0.25) is 5.75 Å². The second-order valence-corrected chi connectivity index (χ2v) is 5.53. The Labute approximate surface area is 127 Å². The number of aromatic amines is 1. The second-order valence-electron chi connectivity index (χ2n) is 4.45. The summed E-state index contributed by atoms with van der Waals surface area (Å²) in [6.07, 6.45) is 0. The van der Waals surface area contributed by atoms with Gasteiger partial charge in [-0.15, -0.1) is 0 Å². The molecule has 108 valence electrons. The fraction of sp³-hybridized carbons (Fsp3) is 0.188. The number of fused-ring (bicyclic) bond motifs is 1. The molecule has 0 bridgehead atoms. The summed E-state index contributed by atoms with van der Waals surface area (Å²) in [5.41, 5.74) is 2.06. The van der Waals surface area contributed by atoms with Crippen LogP contribution in [0.4, 0.5) is 0 Å². The summed E-state index contributed by atoms with van der Waals surface area (Å²) >= 11 is 1.66. The van der Waals surface area contributed by atoms with E-state index in [4.69, 9.17) is 4.74 Å². The molecule has 0 unspecified atom stereocenters. The highest BCUT2D eigenvalue weighted by atomic mass is 32.2. The Kier molecular flexibility index (Phi) is 4.31. The molecule has 0 atom stereocenters. The van der Waals surface area contributed by atoms with Gasteiger partial charge in [0.05, 0.1) is 17.6 Å². The van der Waals surface area contributed by atoms with E-state index in [0.717, 1.165) is 33.4 Å². The van der Waals surface area contributed by atoms with Crippen LogP contribution >= 0.6 is 11.8 Å². The van der Waals surface area contributed by atoms with E-state index in [-0.39, 0.29) is 0 Å². The van der Waals surface area contributed by atoms with Gasteiger partial charge in [-0.25, -0.2) is 4.98 Å². The lowest BCUT2D eigenvalue weighted by atomic mass is 10.3. The lowest BCUT2D eigenvalue weighted by Crippen LogP contribution is -2.01. The summed E-state index contributed by atoms with van der Waals surface area (Å²) in [4.78, 5) is 7.82. The molecule has 0 aliphatic carbocycles. The molecule has 2 aromatic carbocycles. The van der Waals surface area contributed by atoms with Crippen molar-refractivity contribution in [3.8, 4) is 11.5 Å². The fourth-order valence-electron chi connectivity index (χ4n) is 2.05. The first kappa shape index (κ1) is 13.8. The van der Waals surface area contributed by atoms with E-state index in [1.165, 1.54) is 0 Å². The fourth-order valence-corrected chi connectivity index (χ4v) is 2.76. The molecule has 4 nitrogen and oxygen atoms in total. The summed E-state index contributed by atoms with van der Waals surface area (Å²) in [5.74, 6) is 2.54. The number of rotatable bonds is 6. The first-order valence-corrected chi connectivity index (χ1v) is 7.74. The van der Waals surface area contributed by atoms with E-state index < -0.39 is 0 Å². The van der Waals surface area contributed by atoms with Crippen LogP contribution in [-0.4, -0.2) is 34.2 Å². The first-order valence-electron chi connectivity index (χ1n) is 6.76. The number of nitrogens with zero attached hydrogens (tertiary/aromatic N) is 1. The van der Waals surface area contributed by atoms with Crippen molar-refractivity contribution in [1.29, 1.82) is 0 Å². The molecule has 1 heterocycles. The molecule has 21 heavy (non-hydrogen) atoms. The Hall–Kier alpha value is -2.14. The van der Waals surface area contributed by atoms with E-state index >= 15 is 0 Å². The Morgan fingerprint density at radius 1 is 1.14 bits per heavy atom. The summed E-state index contributed by atoms with van der Waals surface area (Å²) < 4.78 is 9.95. The van der Waals surface area contributed by atoms with Crippen LogP contribution in [0.2, 0.25) is 0 Å². The second kappa shape index (κ2) is 6.54. The zero-order valence-corrected chi connectivity index (χ0v) is 12.6. The molecule has 0 saturated heterocycles. The Morgan fingerprint density at radius 3 is 2.81 bits per heavy atom. The van der Waals surface area contributed by atoms with E-state index in [1.807, 2.05) is 48.5 Å². The largest absolute Gasteiger partial charge is 0.582 e. The summed E-state index contributed by atoms with van der Waals surface area (Å²) in [6.45, 7) is 0.619. The van der Waals surface area contributed by atoms with Crippen LogP contribution in [0.5, 0.6) is 11.5 Å². The molecule has 0 fully saturated rings. The van der Waals surface area contributed by atoms with Crippen molar-refractivity contribution in [2.45, 2.75) is 5.16 Å². The van der Waals surface area contributed by atoms with Crippen LogP contribution in [0.15, 0.2) is 53.7 Å². The number of ether oxygens (including phenoxy) is 2. The molecule has 3 aromatic rings. The minimum absolute atomic E-state index is 0.619. The lowest BCUT2D eigenvalue weighted by Gasteiger charge is -2.07. The standard InChI is InChI=1S/C16H16N2O2S/c1-19-14-8-4-5-9-15(14)20-10-11-21-16-17-12-6-2-3-7-13(12)18-16/h2-9H,10-11H2,1H3,(H,17,18)/p+1. The minimum atomic E-state index is 0.619. The third-order valence-corrected chi connectivity index (χ3v) is 3.89. The number of aromatic hydroxyl groups is 1. The summed E-state index contributed by atoms with van der Waals surface area (Å²) in [5, 5.41) is 0.924. The van der Waals surface area contributed by atoms with Crippen molar-refractivity contribution in [3.63, 3.8) is 0 Å². The van der Waals surface area contributed by atoms with Crippen LogP contribution in [0, 0.1) is 0 Å². The number of aromatic nitrogens is 2. The number of para-hydroxylation sites is 4. The maximum absolute atomic E-state index is 5.77. The van der Waals surface area contributed by atoms with Crippen molar-refractivity contribution >= 4 is 22.8 Å². The van der Waals surface area contributed by atoms with Gasteiger partial charge in [-0.1, -0.05) is 36.0 Å². The number of aliphatic hydroxyl groups is 1. The van der Waals surface area contributed by atoms with E-state index in [1.54, 1.807) is 18.9 Å². The van der Waals surface area contributed by atoms with Crippen LogP contribution < -0.4 is 4.74 Å². The van der Waals surface area contributed by atoms with Crippen molar-refractivity contribution in [2.24, 2.45) is 0 Å². The Bertz CT molecular complexity index is 694. The number of nitrogens with one attached hydrogen (secondary N) is 1. The molecule has 1 aromatic heterocycles. The molecule has 0 radical (unpaired) electrons. The highest BCUT2D eigenvalue weighted by Gasteiger charge is 2.07. The molecular formula is C16H17N2O2S+. The number of imidazole rings is 1.